The quantitative estimate of drug-likeness (QED) is 0.769. The molecule has 1 aromatic heterocycles. The Balaban J connectivity index is 1.84. The van der Waals surface area contributed by atoms with Gasteiger partial charge >= 0.3 is 0 Å². The summed E-state index contributed by atoms with van der Waals surface area (Å²) in [5.74, 6) is 0.860. The zero-order valence-electron chi connectivity index (χ0n) is 15.6. The third-order valence-electron chi connectivity index (χ3n) is 5.13. The number of hydrogen-bond donors (Lipinski definition) is 1. The van der Waals surface area contributed by atoms with Gasteiger partial charge in [0.15, 0.2) is 5.78 Å². The minimum absolute atomic E-state index is 0.0208. The van der Waals surface area contributed by atoms with Crippen molar-refractivity contribution in [2.75, 3.05) is 0 Å². The first-order valence-electron chi connectivity index (χ1n) is 8.99. The highest BCUT2D eigenvalue weighted by Crippen LogP contribution is 2.48. The molecule has 0 spiro atoms. The number of allylic oxidation sites excluding steroid dienone is 3. The highest BCUT2D eigenvalue weighted by molar-refractivity contribution is 6.33. The fourth-order valence-corrected chi connectivity index (χ4v) is 4.11. The third-order valence-corrected chi connectivity index (χ3v) is 5.46. The number of nitrogens with two attached hydrogens (primary N) is 1. The average Bonchev–Trinajstić information content (AvgIpc) is 3.09. The molecule has 2 aromatic rings. The van der Waals surface area contributed by atoms with Crippen molar-refractivity contribution in [3.63, 3.8) is 0 Å². The van der Waals surface area contributed by atoms with Gasteiger partial charge in [0.2, 0.25) is 5.88 Å². The molecule has 1 atom stereocenters. The predicted molar refractivity (Wildman–Crippen MR) is 105 cm³/mol. The average molecular weight is 395 g/mol. The lowest BCUT2D eigenvalue weighted by atomic mass is 9.71. The van der Waals surface area contributed by atoms with Crippen LogP contribution in [0.5, 0.6) is 0 Å². The summed E-state index contributed by atoms with van der Waals surface area (Å²) in [5, 5.41) is 10.2. The van der Waals surface area contributed by atoms with Gasteiger partial charge in [0.25, 0.3) is 0 Å². The second-order valence-corrected chi connectivity index (χ2v) is 8.29. The maximum atomic E-state index is 13.0. The smallest absolute Gasteiger partial charge is 0.205 e. The van der Waals surface area contributed by atoms with E-state index in [-0.39, 0.29) is 22.7 Å². The van der Waals surface area contributed by atoms with Crippen molar-refractivity contribution in [1.82, 2.24) is 0 Å². The van der Waals surface area contributed by atoms with Gasteiger partial charge in [-0.2, -0.15) is 5.26 Å². The molecule has 5 nitrogen and oxygen atoms in total. The Labute approximate surface area is 168 Å². The lowest BCUT2D eigenvalue weighted by Gasteiger charge is -2.36. The van der Waals surface area contributed by atoms with Crippen LogP contribution >= 0.6 is 11.6 Å². The molecule has 2 N–H and O–H groups in total. The van der Waals surface area contributed by atoms with Gasteiger partial charge in [-0.25, -0.2) is 0 Å². The van der Waals surface area contributed by atoms with E-state index in [9.17, 15) is 10.1 Å². The molecule has 0 radical (unpaired) electrons. The summed E-state index contributed by atoms with van der Waals surface area (Å²) >= 11 is 6.27. The first-order valence-corrected chi connectivity index (χ1v) is 9.37. The number of nitriles is 1. The fourth-order valence-electron chi connectivity index (χ4n) is 3.88. The summed E-state index contributed by atoms with van der Waals surface area (Å²) in [7, 11) is 0. The number of nitrogens with zero attached hydrogens (tertiary/aromatic N) is 1. The van der Waals surface area contributed by atoms with E-state index in [2.05, 4.69) is 6.07 Å². The van der Waals surface area contributed by atoms with Crippen LogP contribution in [0.1, 0.15) is 38.4 Å². The van der Waals surface area contributed by atoms with Crippen molar-refractivity contribution in [2.45, 2.75) is 32.6 Å². The van der Waals surface area contributed by atoms with Gasteiger partial charge in [-0.15, -0.1) is 0 Å². The molecule has 0 saturated carbocycles. The first-order chi connectivity index (χ1) is 13.3. The summed E-state index contributed by atoms with van der Waals surface area (Å²) in [6, 6.07) is 13.0. The van der Waals surface area contributed by atoms with E-state index in [4.69, 9.17) is 26.5 Å². The Hall–Kier alpha value is -2.97. The normalized spacial score (nSPS) is 21.2. The number of ether oxygens (including phenoxy) is 1. The summed E-state index contributed by atoms with van der Waals surface area (Å²) in [5.41, 5.74) is 7.19. The maximum absolute atomic E-state index is 13.0. The van der Waals surface area contributed by atoms with Gasteiger partial charge in [-0.05, 0) is 29.7 Å². The molecule has 6 heteroatoms. The fraction of sp³-hybridized carbons (Fsp3) is 0.273. The van der Waals surface area contributed by atoms with Gasteiger partial charge in [0.05, 0.1) is 10.9 Å². The van der Waals surface area contributed by atoms with E-state index >= 15 is 0 Å². The van der Waals surface area contributed by atoms with E-state index in [1.165, 1.54) is 0 Å². The molecule has 2 aliphatic rings. The van der Waals surface area contributed by atoms with Crippen molar-refractivity contribution >= 4 is 17.4 Å². The summed E-state index contributed by atoms with van der Waals surface area (Å²) < 4.78 is 11.7. The molecule has 0 amide bonds. The van der Waals surface area contributed by atoms with Crippen LogP contribution in [0.4, 0.5) is 0 Å². The molecule has 0 bridgehead atoms. The van der Waals surface area contributed by atoms with Gasteiger partial charge in [-0.3, -0.25) is 4.79 Å². The summed E-state index contributed by atoms with van der Waals surface area (Å²) in [6.07, 6.45) is 0.949. The van der Waals surface area contributed by atoms with E-state index in [1.54, 1.807) is 18.2 Å². The van der Waals surface area contributed by atoms with Crippen LogP contribution in [-0.4, -0.2) is 5.78 Å². The van der Waals surface area contributed by atoms with Crippen LogP contribution in [-0.2, 0) is 9.53 Å². The number of ketones is 1. The van der Waals surface area contributed by atoms with Gasteiger partial charge < -0.3 is 14.9 Å². The second-order valence-electron chi connectivity index (χ2n) is 7.88. The molecule has 0 saturated heterocycles. The SMILES string of the molecule is CC1(C)CC(=O)C2=C(C1)OC(N)=C(C#N)[C@@H]2c1ccc(-c2ccccc2Cl)o1. The second kappa shape index (κ2) is 6.57. The number of furan rings is 1. The zero-order chi connectivity index (χ0) is 20.1. The third kappa shape index (κ3) is 3.00. The Kier molecular flexibility index (Phi) is 4.32. The number of hydrogen-bond acceptors (Lipinski definition) is 5. The first kappa shape index (κ1) is 18.4. The lowest BCUT2D eigenvalue weighted by molar-refractivity contribution is -0.119. The number of benzene rings is 1. The summed E-state index contributed by atoms with van der Waals surface area (Å²) in [6.45, 7) is 4.02. The summed E-state index contributed by atoms with van der Waals surface area (Å²) in [4.78, 5) is 13.0. The van der Waals surface area contributed by atoms with E-state index in [0.717, 1.165) is 5.56 Å². The molecule has 1 aromatic carbocycles. The van der Waals surface area contributed by atoms with E-state index in [1.807, 2.05) is 32.0 Å². The van der Waals surface area contributed by atoms with Crippen LogP contribution in [0.2, 0.25) is 5.02 Å². The topological polar surface area (TPSA) is 89.2 Å². The van der Waals surface area contributed by atoms with Crippen molar-refractivity contribution in [2.24, 2.45) is 11.1 Å². The molecular weight excluding hydrogens is 376 g/mol. The van der Waals surface area contributed by atoms with E-state index < -0.39 is 5.92 Å². The Morgan fingerprint density at radius 3 is 2.68 bits per heavy atom. The zero-order valence-corrected chi connectivity index (χ0v) is 16.3. The van der Waals surface area contributed by atoms with Gasteiger partial charge in [0, 0.05) is 24.0 Å². The monoisotopic (exact) mass is 394 g/mol. The number of halogens is 1. The molecule has 2 heterocycles. The molecule has 0 unspecified atom stereocenters. The molecule has 28 heavy (non-hydrogen) atoms. The Bertz CT molecular complexity index is 1090. The van der Waals surface area contributed by atoms with Gasteiger partial charge in [0.1, 0.15) is 28.9 Å². The predicted octanol–water partition coefficient (Wildman–Crippen LogP) is 5.05. The van der Waals surface area contributed by atoms with Crippen LogP contribution in [0.25, 0.3) is 11.3 Å². The Morgan fingerprint density at radius 2 is 1.96 bits per heavy atom. The highest BCUT2D eigenvalue weighted by atomic mass is 35.5. The number of rotatable bonds is 2. The molecule has 142 valence electrons. The van der Waals surface area contributed by atoms with Crippen LogP contribution in [0.3, 0.4) is 0 Å². The van der Waals surface area contributed by atoms with Crippen molar-refractivity contribution < 1.29 is 13.9 Å². The minimum atomic E-state index is -0.673. The van der Waals surface area contributed by atoms with E-state index in [0.29, 0.717) is 40.7 Å². The Morgan fingerprint density at radius 1 is 1.21 bits per heavy atom. The number of Topliss-reactive ketones (excluding diaryl/α,β-unsaturated/α-hetero) is 1. The van der Waals surface area contributed by atoms with Crippen molar-refractivity contribution in [1.29, 1.82) is 5.26 Å². The lowest BCUT2D eigenvalue weighted by Crippen LogP contribution is -2.33. The van der Waals surface area contributed by atoms with Crippen LogP contribution in [0.15, 0.2) is 63.6 Å². The van der Waals surface area contributed by atoms with Crippen molar-refractivity contribution in [3.8, 4) is 17.4 Å². The number of carbonyl (C=O) groups excluding carboxylic acids is 1. The van der Waals surface area contributed by atoms with Crippen LogP contribution in [0, 0.1) is 16.7 Å². The molecule has 4 rings (SSSR count). The maximum Gasteiger partial charge on any atom is 0.205 e. The number of carbonyl (C=O) groups is 1. The molecule has 1 aliphatic heterocycles. The molecule has 0 fully saturated rings. The standard InChI is InChI=1S/C22H19ClN2O3/c1-22(2)9-15(26)20-18(10-22)28-21(25)13(11-24)19(20)17-8-7-16(27-17)12-5-3-4-6-14(12)23/h3-8,19H,9-10,25H2,1-2H3/t19-/m1/s1. The molecule has 1 aliphatic carbocycles. The largest absolute Gasteiger partial charge is 0.460 e. The van der Waals surface area contributed by atoms with Crippen LogP contribution < -0.4 is 5.73 Å². The van der Waals surface area contributed by atoms with Gasteiger partial charge in [-0.1, -0.05) is 37.6 Å². The highest BCUT2D eigenvalue weighted by Gasteiger charge is 2.44. The minimum Gasteiger partial charge on any atom is -0.460 e. The van der Waals surface area contributed by atoms with Crippen molar-refractivity contribution in [3.05, 3.63) is 70.0 Å². The molecular formula is C22H19ClN2O3.